The molecule has 1 heterocycles. The second-order valence-corrected chi connectivity index (χ2v) is 5.98. The predicted molar refractivity (Wildman–Crippen MR) is 108 cm³/mol. The fourth-order valence-electron chi connectivity index (χ4n) is 2.71. The third-order valence-corrected chi connectivity index (χ3v) is 4.20. The number of hydrogen-bond donors (Lipinski definition) is 2. The standard InChI is InChI=1S/C21H24N4O2/c1-26-18-9-7-16(8-10-18)11-12-22-20-13-21(25-15-24-20)23-14-17-5-3-4-6-19(17)27-2/h3-10,13,15H,11-12,14H2,1-2H3,(H2,22,23,24,25). The van der Waals surface area contributed by atoms with Crippen LogP contribution in [0.15, 0.2) is 60.9 Å². The van der Waals surface area contributed by atoms with E-state index in [4.69, 9.17) is 9.47 Å². The van der Waals surface area contributed by atoms with Crippen molar-refractivity contribution in [1.82, 2.24) is 9.97 Å². The van der Waals surface area contributed by atoms with Crippen LogP contribution in [0.1, 0.15) is 11.1 Å². The van der Waals surface area contributed by atoms with E-state index in [2.05, 4.69) is 32.7 Å². The second-order valence-electron chi connectivity index (χ2n) is 5.98. The van der Waals surface area contributed by atoms with Crippen molar-refractivity contribution in [1.29, 1.82) is 0 Å². The maximum atomic E-state index is 5.37. The monoisotopic (exact) mass is 364 g/mol. The van der Waals surface area contributed by atoms with Crippen LogP contribution in [0.2, 0.25) is 0 Å². The number of anilines is 2. The van der Waals surface area contributed by atoms with Gasteiger partial charge in [-0.25, -0.2) is 9.97 Å². The van der Waals surface area contributed by atoms with E-state index in [-0.39, 0.29) is 0 Å². The van der Waals surface area contributed by atoms with Gasteiger partial charge in [0.25, 0.3) is 0 Å². The summed E-state index contributed by atoms with van der Waals surface area (Å²) in [5.74, 6) is 3.29. The van der Waals surface area contributed by atoms with Crippen LogP contribution in [0.5, 0.6) is 11.5 Å². The van der Waals surface area contributed by atoms with Crippen molar-refractivity contribution in [2.75, 3.05) is 31.4 Å². The van der Waals surface area contributed by atoms with Crippen LogP contribution in [-0.4, -0.2) is 30.7 Å². The molecule has 140 valence electrons. The molecule has 0 aliphatic rings. The van der Waals surface area contributed by atoms with E-state index in [1.54, 1.807) is 20.5 Å². The molecule has 0 spiro atoms. The lowest BCUT2D eigenvalue weighted by Gasteiger charge is -2.11. The Morgan fingerprint density at radius 2 is 1.59 bits per heavy atom. The number of rotatable bonds is 9. The molecule has 0 aliphatic carbocycles. The Hall–Kier alpha value is -3.28. The van der Waals surface area contributed by atoms with Gasteiger partial charge < -0.3 is 20.1 Å². The van der Waals surface area contributed by atoms with Crippen LogP contribution in [-0.2, 0) is 13.0 Å². The highest BCUT2D eigenvalue weighted by molar-refractivity contribution is 5.47. The number of hydrogen-bond acceptors (Lipinski definition) is 6. The van der Waals surface area contributed by atoms with E-state index < -0.39 is 0 Å². The van der Waals surface area contributed by atoms with Crippen LogP contribution >= 0.6 is 0 Å². The average Bonchev–Trinajstić information content (AvgIpc) is 2.73. The molecule has 0 radical (unpaired) electrons. The van der Waals surface area contributed by atoms with Gasteiger partial charge in [0.1, 0.15) is 29.5 Å². The van der Waals surface area contributed by atoms with Crippen LogP contribution in [0.4, 0.5) is 11.6 Å². The average molecular weight is 364 g/mol. The highest BCUT2D eigenvalue weighted by Crippen LogP contribution is 2.19. The van der Waals surface area contributed by atoms with Gasteiger partial charge in [-0.3, -0.25) is 0 Å². The molecule has 2 N–H and O–H groups in total. The zero-order chi connectivity index (χ0) is 18.9. The van der Waals surface area contributed by atoms with Crippen molar-refractivity contribution in [3.63, 3.8) is 0 Å². The fraction of sp³-hybridized carbons (Fsp3) is 0.238. The number of nitrogens with one attached hydrogen (secondary N) is 2. The van der Waals surface area contributed by atoms with Crippen LogP contribution < -0.4 is 20.1 Å². The fourth-order valence-corrected chi connectivity index (χ4v) is 2.71. The summed E-state index contributed by atoms with van der Waals surface area (Å²) in [5, 5.41) is 6.65. The van der Waals surface area contributed by atoms with Gasteiger partial charge in [-0.1, -0.05) is 30.3 Å². The lowest BCUT2D eigenvalue weighted by atomic mass is 10.1. The number of benzene rings is 2. The van der Waals surface area contributed by atoms with Crippen molar-refractivity contribution >= 4 is 11.6 Å². The maximum absolute atomic E-state index is 5.37. The summed E-state index contributed by atoms with van der Waals surface area (Å²) in [4.78, 5) is 8.56. The minimum atomic E-state index is 0.631. The van der Waals surface area contributed by atoms with Gasteiger partial charge in [-0.15, -0.1) is 0 Å². The van der Waals surface area contributed by atoms with Crippen molar-refractivity contribution < 1.29 is 9.47 Å². The molecular formula is C21H24N4O2. The summed E-state index contributed by atoms with van der Waals surface area (Å²) in [5.41, 5.74) is 2.32. The first-order chi connectivity index (χ1) is 13.3. The molecule has 3 rings (SSSR count). The Morgan fingerprint density at radius 3 is 2.33 bits per heavy atom. The second kappa shape index (κ2) is 9.43. The third-order valence-electron chi connectivity index (χ3n) is 4.20. The van der Waals surface area contributed by atoms with Gasteiger partial charge in [0.05, 0.1) is 14.2 Å². The first kappa shape index (κ1) is 18.5. The van der Waals surface area contributed by atoms with Crippen LogP contribution in [0.3, 0.4) is 0 Å². The Bertz CT molecular complexity index is 853. The quantitative estimate of drug-likeness (QED) is 0.603. The lowest BCUT2D eigenvalue weighted by Crippen LogP contribution is -2.08. The molecule has 2 aromatic carbocycles. The zero-order valence-electron chi connectivity index (χ0n) is 15.6. The van der Waals surface area contributed by atoms with Gasteiger partial charge in [-0.05, 0) is 30.2 Å². The number of para-hydroxylation sites is 1. The normalized spacial score (nSPS) is 10.3. The van der Waals surface area contributed by atoms with E-state index in [9.17, 15) is 0 Å². The molecular weight excluding hydrogens is 340 g/mol. The van der Waals surface area contributed by atoms with Crippen molar-refractivity contribution in [3.05, 3.63) is 72.1 Å². The van der Waals surface area contributed by atoms with Gasteiger partial charge in [0.2, 0.25) is 0 Å². The molecule has 6 heteroatoms. The molecule has 0 amide bonds. The molecule has 6 nitrogen and oxygen atoms in total. The smallest absolute Gasteiger partial charge is 0.131 e. The number of aromatic nitrogens is 2. The van der Waals surface area contributed by atoms with Crippen LogP contribution in [0.25, 0.3) is 0 Å². The summed E-state index contributed by atoms with van der Waals surface area (Å²) in [6.07, 6.45) is 2.46. The first-order valence-corrected chi connectivity index (χ1v) is 8.83. The Kier molecular flexibility index (Phi) is 6.46. The van der Waals surface area contributed by atoms with Crippen molar-refractivity contribution in [3.8, 4) is 11.5 Å². The molecule has 0 atom stereocenters. The maximum Gasteiger partial charge on any atom is 0.131 e. The number of ether oxygens (including phenoxy) is 2. The van der Waals surface area contributed by atoms with Crippen molar-refractivity contribution in [2.24, 2.45) is 0 Å². The lowest BCUT2D eigenvalue weighted by molar-refractivity contribution is 0.410. The molecule has 0 saturated heterocycles. The third kappa shape index (κ3) is 5.34. The zero-order valence-corrected chi connectivity index (χ0v) is 15.6. The molecule has 0 bridgehead atoms. The molecule has 0 saturated carbocycles. The van der Waals surface area contributed by atoms with E-state index in [1.165, 1.54) is 5.56 Å². The van der Waals surface area contributed by atoms with Gasteiger partial charge in [-0.2, -0.15) is 0 Å². The highest BCUT2D eigenvalue weighted by Gasteiger charge is 2.03. The minimum Gasteiger partial charge on any atom is -0.497 e. The Labute approximate surface area is 159 Å². The topological polar surface area (TPSA) is 68.3 Å². The van der Waals surface area contributed by atoms with E-state index >= 15 is 0 Å². The molecule has 0 unspecified atom stereocenters. The van der Waals surface area contributed by atoms with Crippen molar-refractivity contribution in [2.45, 2.75) is 13.0 Å². The molecule has 3 aromatic rings. The summed E-state index contributed by atoms with van der Waals surface area (Å²) in [6.45, 7) is 1.42. The number of methoxy groups -OCH3 is 2. The largest absolute Gasteiger partial charge is 0.497 e. The molecule has 27 heavy (non-hydrogen) atoms. The molecule has 0 fully saturated rings. The minimum absolute atomic E-state index is 0.631. The van der Waals surface area contributed by atoms with E-state index in [0.717, 1.165) is 41.7 Å². The summed E-state index contributed by atoms with van der Waals surface area (Å²) >= 11 is 0. The predicted octanol–water partition coefficient (Wildman–Crippen LogP) is 3.76. The Balaban J connectivity index is 1.52. The first-order valence-electron chi connectivity index (χ1n) is 8.83. The van der Waals surface area contributed by atoms with Gasteiger partial charge in [0, 0.05) is 24.7 Å². The number of nitrogens with zero attached hydrogens (tertiary/aromatic N) is 2. The molecule has 1 aromatic heterocycles. The molecule has 0 aliphatic heterocycles. The Morgan fingerprint density at radius 1 is 0.852 bits per heavy atom. The SMILES string of the molecule is COc1ccc(CCNc2cc(NCc3ccccc3OC)ncn2)cc1. The van der Waals surface area contributed by atoms with Gasteiger partial charge in [0.15, 0.2) is 0 Å². The van der Waals surface area contributed by atoms with E-state index in [1.807, 2.05) is 42.5 Å². The summed E-state index contributed by atoms with van der Waals surface area (Å²) < 4.78 is 10.6. The van der Waals surface area contributed by atoms with Crippen LogP contribution in [0, 0.1) is 0 Å². The van der Waals surface area contributed by atoms with E-state index in [0.29, 0.717) is 6.54 Å². The summed E-state index contributed by atoms with van der Waals surface area (Å²) in [7, 11) is 3.35. The summed E-state index contributed by atoms with van der Waals surface area (Å²) in [6, 6.07) is 17.9. The highest BCUT2D eigenvalue weighted by atomic mass is 16.5. The van der Waals surface area contributed by atoms with Gasteiger partial charge >= 0.3 is 0 Å².